The molecule has 27 heavy (non-hydrogen) atoms. The molecule has 0 spiro atoms. The zero-order chi connectivity index (χ0) is 20.0. The lowest BCUT2D eigenvalue weighted by Crippen LogP contribution is -2.18. The summed E-state index contributed by atoms with van der Waals surface area (Å²) in [6, 6.07) is 12.4. The standard InChI is InChI=1S/C11H11NO3.C11H12O/c1-11(2)6-7-3-4-8(12(14)15)5-9(7)10(11)13;1-11(2)7-8-5-3-4-6-9(8)10(11)12/h3-5H,6H2,1-2H3;3-6H,7H2,1-2H3. The van der Waals surface area contributed by atoms with Crippen molar-refractivity contribution in [3.05, 3.63) is 74.8 Å². The van der Waals surface area contributed by atoms with Crippen LogP contribution in [0.25, 0.3) is 0 Å². The molecule has 0 N–H and O–H groups in total. The van der Waals surface area contributed by atoms with E-state index in [4.69, 9.17) is 0 Å². The van der Waals surface area contributed by atoms with Crippen molar-refractivity contribution in [2.75, 3.05) is 0 Å². The first-order chi connectivity index (χ1) is 12.5. The van der Waals surface area contributed by atoms with E-state index >= 15 is 0 Å². The van der Waals surface area contributed by atoms with Gasteiger partial charge in [0, 0.05) is 34.1 Å². The van der Waals surface area contributed by atoms with E-state index in [9.17, 15) is 19.7 Å². The Morgan fingerprint density at radius 3 is 1.89 bits per heavy atom. The Hall–Kier alpha value is -2.82. The smallest absolute Gasteiger partial charge is 0.270 e. The summed E-state index contributed by atoms with van der Waals surface area (Å²) in [4.78, 5) is 33.7. The minimum atomic E-state index is -0.473. The highest BCUT2D eigenvalue weighted by Crippen LogP contribution is 2.37. The van der Waals surface area contributed by atoms with Crippen molar-refractivity contribution < 1.29 is 14.5 Å². The third kappa shape index (κ3) is 3.42. The Kier molecular flexibility index (Phi) is 4.50. The van der Waals surface area contributed by atoms with Gasteiger partial charge in [-0.1, -0.05) is 58.0 Å². The highest BCUT2D eigenvalue weighted by molar-refractivity contribution is 6.05. The summed E-state index contributed by atoms with van der Waals surface area (Å²) in [5, 5.41) is 10.6. The van der Waals surface area contributed by atoms with Crippen molar-refractivity contribution in [3.8, 4) is 0 Å². The number of rotatable bonds is 1. The second-order valence-electron chi connectivity index (χ2n) is 8.54. The summed E-state index contributed by atoms with van der Waals surface area (Å²) in [5.41, 5.74) is 2.93. The fourth-order valence-corrected chi connectivity index (χ4v) is 3.78. The van der Waals surface area contributed by atoms with Crippen molar-refractivity contribution in [2.45, 2.75) is 40.5 Å². The monoisotopic (exact) mass is 365 g/mol. The van der Waals surface area contributed by atoms with Crippen LogP contribution in [0.2, 0.25) is 0 Å². The number of nitro benzene ring substituents is 1. The van der Waals surface area contributed by atoms with Crippen LogP contribution in [-0.2, 0) is 12.8 Å². The molecule has 2 aromatic rings. The molecule has 2 aliphatic rings. The predicted molar refractivity (Wildman–Crippen MR) is 103 cm³/mol. The van der Waals surface area contributed by atoms with Crippen LogP contribution in [-0.4, -0.2) is 16.5 Å². The molecule has 2 aromatic carbocycles. The minimum absolute atomic E-state index is 0.00111. The molecule has 0 heterocycles. The van der Waals surface area contributed by atoms with E-state index in [1.54, 1.807) is 6.07 Å². The molecule has 0 aromatic heterocycles. The van der Waals surface area contributed by atoms with E-state index in [-0.39, 0.29) is 22.7 Å². The zero-order valence-corrected chi connectivity index (χ0v) is 16.0. The maximum absolute atomic E-state index is 11.9. The molecular formula is C22H23NO4. The van der Waals surface area contributed by atoms with Gasteiger partial charge in [0.2, 0.25) is 0 Å². The Balaban J connectivity index is 0.000000159. The highest BCUT2D eigenvalue weighted by Gasteiger charge is 2.38. The maximum atomic E-state index is 11.9. The molecule has 0 bridgehead atoms. The van der Waals surface area contributed by atoms with E-state index < -0.39 is 10.3 Å². The summed E-state index contributed by atoms with van der Waals surface area (Å²) in [6.07, 6.45) is 1.56. The van der Waals surface area contributed by atoms with E-state index in [0.29, 0.717) is 12.0 Å². The highest BCUT2D eigenvalue weighted by atomic mass is 16.6. The van der Waals surface area contributed by atoms with Crippen LogP contribution >= 0.6 is 0 Å². The van der Waals surface area contributed by atoms with Crippen LogP contribution in [0.4, 0.5) is 5.69 Å². The molecule has 5 heteroatoms. The third-order valence-electron chi connectivity index (χ3n) is 5.31. The molecule has 4 rings (SSSR count). The normalized spacial score (nSPS) is 18.4. The number of benzene rings is 2. The van der Waals surface area contributed by atoms with E-state index in [0.717, 1.165) is 17.5 Å². The van der Waals surface area contributed by atoms with Gasteiger partial charge in [0.1, 0.15) is 0 Å². The number of ketones is 2. The number of nitro groups is 1. The topological polar surface area (TPSA) is 77.3 Å². The molecule has 5 nitrogen and oxygen atoms in total. The molecule has 0 atom stereocenters. The molecule has 140 valence electrons. The van der Waals surface area contributed by atoms with Gasteiger partial charge in [-0.2, -0.15) is 0 Å². The summed E-state index contributed by atoms with van der Waals surface area (Å²) in [5.74, 6) is 0.291. The fraction of sp³-hybridized carbons (Fsp3) is 0.364. The Morgan fingerprint density at radius 1 is 0.815 bits per heavy atom. The second kappa shape index (κ2) is 6.41. The van der Waals surface area contributed by atoms with Crippen molar-refractivity contribution in [1.82, 2.24) is 0 Å². The Labute approximate surface area is 158 Å². The molecule has 0 unspecified atom stereocenters. The summed E-state index contributed by atoms with van der Waals surface area (Å²) in [7, 11) is 0. The van der Waals surface area contributed by atoms with Crippen molar-refractivity contribution in [3.63, 3.8) is 0 Å². The van der Waals surface area contributed by atoms with Gasteiger partial charge in [-0.25, -0.2) is 0 Å². The lowest BCUT2D eigenvalue weighted by Gasteiger charge is -2.12. The summed E-state index contributed by atoms with van der Waals surface area (Å²) in [6.45, 7) is 7.74. The molecular weight excluding hydrogens is 342 g/mol. The Bertz CT molecular complexity index is 957. The third-order valence-corrected chi connectivity index (χ3v) is 5.31. The number of Topliss-reactive ketones (excluding diaryl/α,β-unsaturated/α-hetero) is 2. The lowest BCUT2D eigenvalue weighted by molar-refractivity contribution is -0.384. The number of hydrogen-bond donors (Lipinski definition) is 0. The molecule has 0 fully saturated rings. The van der Waals surface area contributed by atoms with Crippen LogP contribution in [0.3, 0.4) is 0 Å². The van der Waals surface area contributed by atoms with E-state index in [1.807, 2.05) is 52.0 Å². The molecule has 0 radical (unpaired) electrons. The van der Waals surface area contributed by atoms with Crippen LogP contribution in [0, 0.1) is 20.9 Å². The fourth-order valence-electron chi connectivity index (χ4n) is 3.78. The number of nitrogens with zero attached hydrogens (tertiary/aromatic N) is 1. The number of fused-ring (bicyclic) bond motifs is 2. The molecule has 0 aliphatic heterocycles. The first-order valence-electron chi connectivity index (χ1n) is 8.98. The molecule has 2 aliphatic carbocycles. The SMILES string of the molecule is CC1(C)Cc2ccc([N+](=O)[O-])cc2C1=O.CC1(C)Cc2ccccc2C1=O. The minimum Gasteiger partial charge on any atom is -0.294 e. The van der Waals surface area contributed by atoms with Crippen LogP contribution in [0.15, 0.2) is 42.5 Å². The average molecular weight is 365 g/mol. The van der Waals surface area contributed by atoms with Gasteiger partial charge >= 0.3 is 0 Å². The number of carbonyl (C=O) groups is 2. The van der Waals surface area contributed by atoms with E-state index in [2.05, 4.69) is 0 Å². The van der Waals surface area contributed by atoms with Gasteiger partial charge in [0.25, 0.3) is 5.69 Å². The lowest BCUT2D eigenvalue weighted by atomic mass is 9.89. The molecule has 0 saturated carbocycles. The van der Waals surface area contributed by atoms with Crippen molar-refractivity contribution in [1.29, 1.82) is 0 Å². The van der Waals surface area contributed by atoms with E-state index in [1.165, 1.54) is 17.7 Å². The second-order valence-corrected chi connectivity index (χ2v) is 8.54. The van der Waals surface area contributed by atoms with Gasteiger partial charge in [-0.05, 0) is 24.0 Å². The van der Waals surface area contributed by atoms with Gasteiger partial charge < -0.3 is 0 Å². The first kappa shape index (κ1) is 19.0. The van der Waals surface area contributed by atoms with Crippen LogP contribution in [0.1, 0.15) is 59.5 Å². The van der Waals surface area contributed by atoms with Crippen molar-refractivity contribution >= 4 is 17.3 Å². The summed E-state index contributed by atoms with van der Waals surface area (Å²) < 4.78 is 0. The van der Waals surface area contributed by atoms with Crippen molar-refractivity contribution in [2.24, 2.45) is 10.8 Å². The van der Waals surface area contributed by atoms with Gasteiger partial charge in [-0.3, -0.25) is 19.7 Å². The van der Waals surface area contributed by atoms with Crippen LogP contribution < -0.4 is 0 Å². The maximum Gasteiger partial charge on any atom is 0.270 e. The number of non-ortho nitro benzene ring substituents is 1. The largest absolute Gasteiger partial charge is 0.294 e. The average Bonchev–Trinajstić information content (AvgIpc) is 2.97. The Morgan fingerprint density at radius 2 is 1.33 bits per heavy atom. The number of carbonyl (C=O) groups excluding carboxylic acids is 2. The van der Waals surface area contributed by atoms with Crippen LogP contribution in [0.5, 0.6) is 0 Å². The first-order valence-corrected chi connectivity index (χ1v) is 8.98. The quantitative estimate of drug-likeness (QED) is 0.537. The molecule has 0 amide bonds. The summed E-state index contributed by atoms with van der Waals surface area (Å²) >= 11 is 0. The zero-order valence-electron chi connectivity index (χ0n) is 16.0. The van der Waals surface area contributed by atoms with Gasteiger partial charge in [-0.15, -0.1) is 0 Å². The molecule has 0 saturated heterocycles. The number of hydrogen-bond acceptors (Lipinski definition) is 4. The predicted octanol–water partition coefficient (Wildman–Crippen LogP) is 4.81. The van der Waals surface area contributed by atoms with Gasteiger partial charge in [0.15, 0.2) is 11.6 Å². The van der Waals surface area contributed by atoms with Gasteiger partial charge in [0.05, 0.1) is 4.92 Å².